The van der Waals surface area contributed by atoms with Crippen LogP contribution >= 0.6 is 24.8 Å². The van der Waals surface area contributed by atoms with Crippen LogP contribution in [-0.4, -0.2) is 12.1 Å². The van der Waals surface area contributed by atoms with E-state index < -0.39 is 15.7 Å². The first kappa shape index (κ1) is 25.5. The Hall–Kier alpha value is -0.734. The van der Waals surface area contributed by atoms with Gasteiger partial charge in [-0.15, -0.1) is 24.8 Å². The van der Waals surface area contributed by atoms with E-state index in [1.165, 1.54) is 42.0 Å². The standard InChI is InChI=1S/2C11H8F.2CH3.2ClH.GeH2.Zr/c2*12-11-7-3-6-10(8-11)9-4-1-2-5-9;;;;;;/h2*1,3-4,6-8H,2H2;2*1H3;2*1H;1H2;. The van der Waals surface area contributed by atoms with Crippen molar-refractivity contribution in [2.24, 2.45) is 0 Å². The Balaban J connectivity index is 0.00000160. The van der Waals surface area contributed by atoms with Gasteiger partial charge < -0.3 is 0 Å². The first-order valence-electron chi connectivity index (χ1n) is 9.64. The molecule has 0 bridgehead atoms. The molecule has 0 N–H and O–H groups in total. The van der Waals surface area contributed by atoms with Crippen molar-refractivity contribution in [3.8, 4) is 0 Å². The molecule has 30 heavy (non-hydrogen) atoms. The van der Waals surface area contributed by atoms with Crippen LogP contribution < -0.4 is 0 Å². The van der Waals surface area contributed by atoms with Crippen LogP contribution in [0.1, 0.15) is 24.0 Å². The summed E-state index contributed by atoms with van der Waals surface area (Å²) >= 11 is -2.20. The van der Waals surface area contributed by atoms with E-state index in [2.05, 4.69) is 33.6 Å². The van der Waals surface area contributed by atoms with Gasteiger partial charge in [0.05, 0.1) is 0 Å². The second-order valence-corrected chi connectivity index (χ2v) is 51.2. The summed E-state index contributed by atoms with van der Waals surface area (Å²) in [6, 6.07) is 13.9. The molecule has 0 aliphatic heterocycles. The molecule has 0 atom stereocenters. The summed E-state index contributed by atoms with van der Waals surface area (Å²) in [7, 11) is 0. The number of rotatable bonds is 4. The van der Waals surface area contributed by atoms with Crippen LogP contribution in [-0.2, 0) is 15.7 Å². The van der Waals surface area contributed by atoms with Crippen molar-refractivity contribution in [2.45, 2.75) is 22.1 Å². The summed E-state index contributed by atoms with van der Waals surface area (Å²) in [5.74, 6) is -0.387. The van der Waals surface area contributed by atoms with Crippen molar-refractivity contribution < 1.29 is 24.4 Å². The van der Waals surface area contributed by atoms with Gasteiger partial charge in [-0.2, -0.15) is 0 Å². The molecule has 2 aromatic carbocycles. The van der Waals surface area contributed by atoms with E-state index in [9.17, 15) is 8.78 Å². The zero-order valence-corrected chi connectivity index (χ0v) is 24.2. The molecule has 2 aliphatic carbocycles. The molecule has 0 saturated carbocycles. The van der Waals surface area contributed by atoms with Gasteiger partial charge in [0.1, 0.15) is 0 Å². The third kappa shape index (κ3) is 4.70. The van der Waals surface area contributed by atoms with E-state index in [0.29, 0.717) is 0 Å². The van der Waals surface area contributed by atoms with Crippen molar-refractivity contribution in [3.63, 3.8) is 0 Å². The van der Waals surface area contributed by atoms with Crippen LogP contribution in [0.4, 0.5) is 8.78 Å². The van der Waals surface area contributed by atoms with Crippen LogP contribution in [0.2, 0.25) is 9.26 Å². The molecule has 0 aromatic heterocycles. The predicted molar refractivity (Wildman–Crippen MR) is 129 cm³/mol. The summed E-state index contributed by atoms with van der Waals surface area (Å²) in [4.78, 5) is 0. The third-order valence-electron chi connectivity index (χ3n) is 6.07. The summed E-state index contributed by atoms with van der Waals surface area (Å²) in [5, 5.41) is 0. The van der Waals surface area contributed by atoms with Gasteiger partial charge in [0.2, 0.25) is 0 Å². The van der Waals surface area contributed by atoms with Gasteiger partial charge in [-0.3, -0.25) is 0 Å². The second-order valence-electron chi connectivity index (χ2n) is 8.70. The van der Waals surface area contributed by atoms with Gasteiger partial charge in [-0.1, -0.05) is 0 Å². The Kier molecular flexibility index (Phi) is 8.00. The molecule has 0 amide bonds. The maximum absolute atomic E-state index is 13.9. The van der Waals surface area contributed by atoms with Crippen molar-refractivity contribution in [3.05, 3.63) is 102 Å². The monoisotopic (exact) mass is 586 g/mol. The van der Waals surface area contributed by atoms with E-state index in [-0.39, 0.29) is 36.4 Å². The Labute approximate surface area is 195 Å². The first-order chi connectivity index (χ1) is 13.2. The molecular weight excluding hydrogens is 561 g/mol. The van der Waals surface area contributed by atoms with Crippen LogP contribution in [0.5, 0.6) is 0 Å². The second kappa shape index (κ2) is 9.41. The fraction of sp³-hybridized carbons (Fsp3) is 0.167. The fourth-order valence-electron chi connectivity index (χ4n) is 4.56. The van der Waals surface area contributed by atoms with Crippen molar-refractivity contribution >= 4 is 48.1 Å². The Morgan fingerprint density at radius 3 is 1.50 bits per heavy atom. The Bertz CT molecular complexity index is 1080. The van der Waals surface area contributed by atoms with Crippen molar-refractivity contribution in [1.82, 2.24) is 0 Å². The van der Waals surface area contributed by atoms with Crippen LogP contribution in [0, 0.1) is 11.6 Å². The molecule has 0 fully saturated rings. The molecule has 4 rings (SSSR count). The van der Waals surface area contributed by atoms with Gasteiger partial charge in [0.15, 0.2) is 0 Å². The fourth-order valence-corrected chi connectivity index (χ4v) is 22.9. The topological polar surface area (TPSA) is 0 Å². The van der Waals surface area contributed by atoms with Gasteiger partial charge >= 0.3 is 172 Å². The van der Waals surface area contributed by atoms with Crippen molar-refractivity contribution in [1.29, 1.82) is 0 Å². The van der Waals surface area contributed by atoms with Gasteiger partial charge in [0.25, 0.3) is 0 Å². The molecule has 0 saturated heterocycles. The van der Waals surface area contributed by atoms with Crippen LogP contribution in [0.15, 0.2) is 79.4 Å². The number of hydrogen-bond acceptors (Lipinski definition) is 0. The molecule has 0 radical (unpaired) electrons. The zero-order chi connectivity index (χ0) is 20.0. The summed E-state index contributed by atoms with van der Waals surface area (Å²) in [6.07, 6.45) is 10.7. The van der Waals surface area contributed by atoms with E-state index in [4.69, 9.17) is 0 Å². The summed E-state index contributed by atoms with van der Waals surface area (Å²) in [6.45, 7) is 0. The Morgan fingerprint density at radius 1 is 0.733 bits per heavy atom. The van der Waals surface area contributed by atoms with Crippen LogP contribution in [0.3, 0.4) is 0 Å². The molecule has 0 heterocycles. The van der Waals surface area contributed by atoms with E-state index in [1.54, 1.807) is 24.3 Å². The normalized spacial score (nSPS) is 16.0. The average Bonchev–Trinajstić information content (AvgIpc) is 3.32. The van der Waals surface area contributed by atoms with Gasteiger partial charge in [0, 0.05) is 0 Å². The van der Waals surface area contributed by atoms with Crippen molar-refractivity contribution in [2.75, 3.05) is 0 Å². The molecule has 158 valence electrons. The zero-order valence-electron chi connectivity index (χ0n) is 17.1. The quantitative estimate of drug-likeness (QED) is 0.333. The Morgan fingerprint density at radius 2 is 1.13 bits per heavy atom. The molecule has 2 aromatic rings. The third-order valence-corrected chi connectivity index (χ3v) is 28.5. The summed E-state index contributed by atoms with van der Waals surface area (Å²) < 4.78 is 35.8. The minimum absolute atomic E-state index is 0. The predicted octanol–water partition coefficient (Wildman–Crippen LogP) is 7.18. The number of allylic oxidation sites excluding steroid dienone is 8. The molecule has 0 unspecified atom stereocenters. The van der Waals surface area contributed by atoms with E-state index >= 15 is 0 Å². The minimum atomic E-state index is -3.43. The molecular formula is C24H26Cl2F2GeZr. The number of hydrogen-bond donors (Lipinski definition) is 0. The first-order valence-corrected chi connectivity index (χ1v) is 27.5. The SMILES string of the molecule is Cl.Cl.[CH3][Zr]([CH3])(=[GeH2])([C]1=C(c2cccc(F)c2)C=CC1)[C]1=C(c2cccc(F)c2)C=CC1. The van der Waals surface area contributed by atoms with Gasteiger partial charge in [-0.25, -0.2) is 0 Å². The maximum atomic E-state index is 13.9. The van der Waals surface area contributed by atoms with Crippen LogP contribution in [0.25, 0.3) is 11.1 Å². The van der Waals surface area contributed by atoms with E-state index in [1.807, 2.05) is 12.1 Å². The average molecular weight is 587 g/mol. The molecule has 2 aliphatic rings. The van der Waals surface area contributed by atoms with Gasteiger partial charge in [-0.05, 0) is 0 Å². The van der Waals surface area contributed by atoms with E-state index in [0.717, 1.165) is 24.0 Å². The summed E-state index contributed by atoms with van der Waals surface area (Å²) in [5.41, 5.74) is 4.36. The molecule has 0 nitrogen and oxygen atoms in total. The molecule has 0 spiro atoms. The molecule has 6 heteroatoms. The number of halogens is 4. The number of benzene rings is 2.